The van der Waals surface area contributed by atoms with Gasteiger partial charge >= 0.3 is 5.97 Å². The molecule has 0 aromatic carbocycles. The first-order chi connectivity index (χ1) is 6.53. The average Bonchev–Trinajstić information content (AvgIpc) is 2.24. The fourth-order valence-electron chi connectivity index (χ4n) is 1.09. The van der Waals surface area contributed by atoms with Gasteiger partial charge in [0.25, 0.3) is 0 Å². The number of carbonyl (C=O) groups excluding carboxylic acids is 1. The maximum atomic E-state index is 11.4. The number of hydrogen-bond acceptors (Lipinski definition) is 4. The molecule has 0 N–H and O–H groups in total. The van der Waals surface area contributed by atoms with Crippen molar-refractivity contribution in [2.45, 2.75) is 19.6 Å². The van der Waals surface area contributed by atoms with Crippen molar-refractivity contribution in [2.75, 3.05) is 21.3 Å². The maximum Gasteiger partial charge on any atom is 0.315 e. The summed E-state index contributed by atoms with van der Waals surface area (Å²) in [6.07, 6.45) is 1.50. The molecule has 0 aromatic rings. The summed E-state index contributed by atoms with van der Waals surface area (Å²) in [5.41, 5.74) is -0.772. The number of ether oxygens (including phenoxy) is 3. The Labute approximate surface area is 84.8 Å². The van der Waals surface area contributed by atoms with Crippen LogP contribution in [0.2, 0.25) is 0 Å². The zero-order valence-electron chi connectivity index (χ0n) is 9.20. The molecule has 0 saturated heterocycles. The minimum absolute atomic E-state index is 0.341. The zero-order chi connectivity index (χ0) is 11.2. The molecule has 0 amide bonds. The lowest BCUT2D eigenvalue weighted by molar-refractivity contribution is -0.159. The molecule has 0 saturated carbocycles. The van der Waals surface area contributed by atoms with E-state index >= 15 is 0 Å². The smallest absolute Gasteiger partial charge is 0.315 e. The molecule has 14 heavy (non-hydrogen) atoms. The number of esters is 1. The van der Waals surface area contributed by atoms with E-state index in [0.29, 0.717) is 6.42 Å². The third-order valence-corrected chi connectivity index (χ3v) is 2.22. The van der Waals surface area contributed by atoms with E-state index in [-0.39, 0.29) is 5.97 Å². The molecule has 1 unspecified atom stereocenters. The van der Waals surface area contributed by atoms with E-state index in [4.69, 9.17) is 9.47 Å². The van der Waals surface area contributed by atoms with Crippen LogP contribution in [0, 0.1) is 5.41 Å². The van der Waals surface area contributed by atoms with Gasteiger partial charge in [-0.3, -0.25) is 4.79 Å². The highest BCUT2D eigenvalue weighted by molar-refractivity contribution is 5.78. The molecule has 82 valence electrons. The van der Waals surface area contributed by atoms with E-state index in [2.05, 4.69) is 11.3 Å². The van der Waals surface area contributed by atoms with Crippen LogP contribution >= 0.6 is 0 Å². The third-order valence-electron chi connectivity index (χ3n) is 2.22. The van der Waals surface area contributed by atoms with Crippen molar-refractivity contribution in [1.82, 2.24) is 0 Å². The van der Waals surface area contributed by atoms with Gasteiger partial charge in [0.1, 0.15) is 0 Å². The van der Waals surface area contributed by atoms with Crippen molar-refractivity contribution in [3.05, 3.63) is 12.7 Å². The summed E-state index contributed by atoms with van der Waals surface area (Å²) in [4.78, 5) is 11.4. The molecule has 0 aliphatic heterocycles. The summed E-state index contributed by atoms with van der Waals surface area (Å²) in [5, 5.41) is 0. The topological polar surface area (TPSA) is 44.8 Å². The minimum Gasteiger partial charge on any atom is -0.468 e. The standard InChI is InChI=1S/C10H18O4/c1-6-10(2,9(11)14-5)7-8(12-3)13-4/h6,8H,1,7H2,2-5H3. The quantitative estimate of drug-likeness (QED) is 0.370. The second-order valence-electron chi connectivity index (χ2n) is 3.22. The fourth-order valence-corrected chi connectivity index (χ4v) is 1.09. The summed E-state index contributed by atoms with van der Waals surface area (Å²) in [6.45, 7) is 5.34. The van der Waals surface area contributed by atoms with Crippen molar-refractivity contribution in [1.29, 1.82) is 0 Å². The van der Waals surface area contributed by atoms with E-state index < -0.39 is 11.7 Å². The average molecular weight is 202 g/mol. The van der Waals surface area contributed by atoms with E-state index in [9.17, 15) is 4.79 Å². The number of hydrogen-bond donors (Lipinski definition) is 0. The van der Waals surface area contributed by atoms with Crippen molar-refractivity contribution in [2.24, 2.45) is 5.41 Å². The minimum atomic E-state index is -0.772. The van der Waals surface area contributed by atoms with Crippen molar-refractivity contribution >= 4 is 5.97 Å². The summed E-state index contributed by atoms with van der Waals surface area (Å²) in [6, 6.07) is 0. The first kappa shape index (κ1) is 13.1. The van der Waals surface area contributed by atoms with Gasteiger partial charge in [0.05, 0.1) is 12.5 Å². The summed E-state index contributed by atoms with van der Waals surface area (Å²) >= 11 is 0. The zero-order valence-corrected chi connectivity index (χ0v) is 9.20. The van der Waals surface area contributed by atoms with Crippen LogP contribution in [0.3, 0.4) is 0 Å². The Hall–Kier alpha value is -0.870. The maximum absolute atomic E-state index is 11.4. The van der Waals surface area contributed by atoms with Gasteiger partial charge in [-0.2, -0.15) is 0 Å². The van der Waals surface area contributed by atoms with Crippen LogP contribution in [0.5, 0.6) is 0 Å². The lowest BCUT2D eigenvalue weighted by Gasteiger charge is -2.26. The van der Waals surface area contributed by atoms with Crippen LogP contribution in [0.15, 0.2) is 12.7 Å². The second-order valence-corrected chi connectivity index (χ2v) is 3.22. The number of methoxy groups -OCH3 is 3. The van der Waals surface area contributed by atoms with Crippen LogP contribution in [0.1, 0.15) is 13.3 Å². The Morgan fingerprint density at radius 2 is 1.93 bits per heavy atom. The first-order valence-corrected chi connectivity index (χ1v) is 4.31. The molecule has 0 bridgehead atoms. The Balaban J connectivity index is 4.53. The van der Waals surface area contributed by atoms with Crippen LogP contribution in [-0.2, 0) is 19.0 Å². The molecule has 0 fully saturated rings. The Morgan fingerprint density at radius 3 is 2.21 bits per heavy atom. The van der Waals surface area contributed by atoms with Gasteiger partial charge in [0.2, 0.25) is 0 Å². The monoisotopic (exact) mass is 202 g/mol. The lowest BCUT2D eigenvalue weighted by Crippen LogP contribution is -2.32. The van der Waals surface area contributed by atoms with Gasteiger partial charge in [-0.15, -0.1) is 6.58 Å². The Morgan fingerprint density at radius 1 is 1.43 bits per heavy atom. The molecule has 0 radical (unpaired) electrons. The highest BCUT2D eigenvalue weighted by Crippen LogP contribution is 2.27. The molecule has 4 nitrogen and oxygen atoms in total. The molecule has 0 spiro atoms. The SMILES string of the molecule is C=CC(C)(CC(OC)OC)C(=O)OC. The van der Waals surface area contributed by atoms with Crippen molar-refractivity contribution in [3.63, 3.8) is 0 Å². The van der Waals surface area contributed by atoms with Crippen LogP contribution in [0.4, 0.5) is 0 Å². The molecule has 0 aliphatic carbocycles. The summed E-state index contributed by atoms with van der Waals surface area (Å²) in [7, 11) is 4.39. The predicted molar refractivity (Wildman–Crippen MR) is 52.7 cm³/mol. The molecule has 0 rings (SSSR count). The van der Waals surface area contributed by atoms with E-state index in [1.165, 1.54) is 21.3 Å². The van der Waals surface area contributed by atoms with Crippen molar-refractivity contribution in [3.8, 4) is 0 Å². The first-order valence-electron chi connectivity index (χ1n) is 4.31. The molecular formula is C10H18O4. The Bertz CT molecular complexity index is 198. The highest BCUT2D eigenvalue weighted by Gasteiger charge is 2.34. The van der Waals surface area contributed by atoms with Gasteiger partial charge in [-0.25, -0.2) is 0 Å². The highest BCUT2D eigenvalue weighted by atomic mass is 16.7. The van der Waals surface area contributed by atoms with Crippen LogP contribution < -0.4 is 0 Å². The van der Waals surface area contributed by atoms with Crippen LogP contribution in [-0.4, -0.2) is 33.6 Å². The fraction of sp³-hybridized carbons (Fsp3) is 0.700. The Kier molecular flexibility index (Phi) is 5.42. The van der Waals surface area contributed by atoms with Gasteiger partial charge in [-0.05, 0) is 6.92 Å². The molecule has 0 heterocycles. The van der Waals surface area contributed by atoms with Gasteiger partial charge in [0, 0.05) is 20.6 Å². The lowest BCUT2D eigenvalue weighted by atomic mass is 9.87. The largest absolute Gasteiger partial charge is 0.468 e. The van der Waals surface area contributed by atoms with Gasteiger partial charge < -0.3 is 14.2 Å². The normalized spacial score (nSPS) is 14.9. The van der Waals surface area contributed by atoms with E-state index in [1.807, 2.05) is 0 Å². The summed E-state index contributed by atoms with van der Waals surface area (Å²) < 4.78 is 14.7. The molecule has 4 heteroatoms. The number of carbonyl (C=O) groups is 1. The molecule has 1 atom stereocenters. The van der Waals surface area contributed by atoms with Crippen LogP contribution in [0.25, 0.3) is 0 Å². The number of rotatable bonds is 6. The predicted octanol–water partition coefficient (Wildman–Crippen LogP) is 1.36. The van der Waals surface area contributed by atoms with Gasteiger partial charge in [0.15, 0.2) is 6.29 Å². The summed E-state index contributed by atoms with van der Waals surface area (Å²) in [5.74, 6) is -0.341. The van der Waals surface area contributed by atoms with E-state index in [1.54, 1.807) is 13.0 Å². The molecule has 0 aromatic heterocycles. The van der Waals surface area contributed by atoms with Crippen molar-refractivity contribution < 1.29 is 19.0 Å². The third kappa shape index (κ3) is 3.12. The van der Waals surface area contributed by atoms with Gasteiger partial charge in [-0.1, -0.05) is 6.08 Å². The van der Waals surface area contributed by atoms with E-state index in [0.717, 1.165) is 0 Å². The molecular weight excluding hydrogens is 184 g/mol. The molecule has 0 aliphatic rings. The second kappa shape index (κ2) is 5.78.